The highest BCUT2D eigenvalue weighted by molar-refractivity contribution is 6.31. The lowest BCUT2D eigenvalue weighted by Crippen LogP contribution is -2.38. The largest absolute Gasteiger partial charge is 0.492 e. The SMILES string of the molecule is CC(C)(N)COc1ccc(Nc2ccc(CCNC[C@H](O)c3ccc(OC(=O)C(=O)Oc4ccc([C@@H](O)CNCCc5ccc(Nc6ccc(OCC(C)(C)N)cc6)cc5)c5ccc(=O)[nH]c45)c4[nH]c(=O)ccc34)cc2)cc1. The molecule has 0 spiro atoms. The van der Waals surface area contributed by atoms with Crippen molar-refractivity contribution in [3.8, 4) is 23.0 Å². The van der Waals surface area contributed by atoms with Crippen molar-refractivity contribution >= 4 is 56.5 Å². The Morgan fingerprint density at radius 1 is 0.500 bits per heavy atom. The summed E-state index contributed by atoms with van der Waals surface area (Å²) in [6, 6.07) is 42.8. The molecule has 0 aliphatic carbocycles. The molecule has 406 valence electrons. The third-order valence-corrected chi connectivity index (χ3v) is 12.3. The van der Waals surface area contributed by atoms with Crippen LogP contribution in [0.25, 0.3) is 21.8 Å². The first-order chi connectivity index (χ1) is 37.3. The number of H-pyrrole nitrogens is 2. The van der Waals surface area contributed by atoms with Crippen LogP contribution in [-0.4, -0.2) is 82.6 Å². The maximum Gasteiger partial charge on any atom is 0.423 e. The minimum Gasteiger partial charge on any atom is -0.492 e. The molecular formula is C60H66N8O10. The van der Waals surface area contributed by atoms with Gasteiger partial charge in [0, 0.05) is 69.8 Å². The third-order valence-electron chi connectivity index (χ3n) is 12.3. The Morgan fingerprint density at radius 2 is 0.846 bits per heavy atom. The second-order valence-electron chi connectivity index (χ2n) is 20.5. The number of benzene rings is 6. The first-order valence-electron chi connectivity index (χ1n) is 25.6. The van der Waals surface area contributed by atoms with E-state index < -0.39 is 46.3 Å². The van der Waals surface area contributed by atoms with E-state index in [9.17, 15) is 29.4 Å². The normalized spacial score (nSPS) is 12.5. The molecule has 2 aromatic heterocycles. The lowest BCUT2D eigenvalue weighted by Gasteiger charge is -2.19. The van der Waals surface area contributed by atoms with Crippen molar-refractivity contribution in [3.05, 3.63) is 189 Å². The second kappa shape index (κ2) is 25.2. The maximum absolute atomic E-state index is 13.3. The van der Waals surface area contributed by atoms with Gasteiger partial charge in [0.25, 0.3) is 0 Å². The highest BCUT2D eigenvalue weighted by Crippen LogP contribution is 2.32. The fourth-order valence-electron chi connectivity index (χ4n) is 8.34. The highest BCUT2D eigenvalue weighted by Gasteiger charge is 2.25. The molecule has 0 saturated carbocycles. The van der Waals surface area contributed by atoms with E-state index >= 15 is 0 Å². The molecule has 0 unspecified atom stereocenters. The number of fused-ring (bicyclic) bond motifs is 2. The number of esters is 2. The van der Waals surface area contributed by atoms with Crippen LogP contribution in [0.3, 0.4) is 0 Å². The molecular weight excluding hydrogens is 993 g/mol. The van der Waals surface area contributed by atoms with Crippen molar-refractivity contribution in [2.75, 3.05) is 50.0 Å². The summed E-state index contributed by atoms with van der Waals surface area (Å²) in [5.41, 5.74) is 17.1. The number of aromatic amines is 2. The number of anilines is 4. The predicted octanol–water partition coefficient (Wildman–Crippen LogP) is 7.33. The average molecular weight is 1060 g/mol. The lowest BCUT2D eigenvalue weighted by atomic mass is 10.0. The molecule has 18 nitrogen and oxygen atoms in total. The molecule has 8 aromatic rings. The predicted molar refractivity (Wildman–Crippen MR) is 303 cm³/mol. The number of hydrogen-bond donors (Lipinski definition) is 10. The van der Waals surface area contributed by atoms with Gasteiger partial charge in [0.15, 0.2) is 11.5 Å². The molecule has 18 heteroatoms. The van der Waals surface area contributed by atoms with Gasteiger partial charge in [0.2, 0.25) is 11.1 Å². The van der Waals surface area contributed by atoms with Crippen LogP contribution in [0.2, 0.25) is 0 Å². The first kappa shape index (κ1) is 55.9. The summed E-state index contributed by atoms with van der Waals surface area (Å²) in [7, 11) is 0. The summed E-state index contributed by atoms with van der Waals surface area (Å²) in [5.74, 6) is -1.65. The number of rotatable bonds is 24. The van der Waals surface area contributed by atoms with Crippen molar-refractivity contribution in [2.45, 2.75) is 63.8 Å². The molecule has 0 radical (unpaired) electrons. The molecule has 0 amide bonds. The molecule has 2 heterocycles. The molecule has 0 saturated heterocycles. The van der Waals surface area contributed by atoms with E-state index in [1.165, 1.54) is 36.4 Å². The van der Waals surface area contributed by atoms with Crippen LogP contribution in [0.5, 0.6) is 23.0 Å². The molecule has 6 aromatic carbocycles. The average Bonchev–Trinajstić information content (AvgIpc) is 3.47. The summed E-state index contributed by atoms with van der Waals surface area (Å²) >= 11 is 0. The Kier molecular flexibility index (Phi) is 18.0. The molecule has 0 fully saturated rings. The Balaban J connectivity index is 0.811. The molecule has 2 atom stereocenters. The van der Waals surface area contributed by atoms with Crippen molar-refractivity contribution in [1.82, 2.24) is 20.6 Å². The molecule has 78 heavy (non-hydrogen) atoms. The Labute approximate surface area is 451 Å². The molecule has 8 rings (SSSR count). The van der Waals surface area contributed by atoms with Crippen molar-refractivity contribution in [2.24, 2.45) is 11.5 Å². The number of aliphatic hydroxyl groups is 2. The van der Waals surface area contributed by atoms with E-state index in [1.54, 1.807) is 12.1 Å². The Bertz CT molecular complexity index is 3210. The zero-order valence-corrected chi connectivity index (χ0v) is 44.0. The summed E-state index contributed by atoms with van der Waals surface area (Å²) in [6.45, 7) is 9.90. The zero-order valence-electron chi connectivity index (χ0n) is 44.0. The van der Waals surface area contributed by atoms with Crippen LogP contribution in [-0.2, 0) is 22.4 Å². The van der Waals surface area contributed by atoms with Gasteiger partial charge in [-0.3, -0.25) is 9.59 Å². The van der Waals surface area contributed by atoms with Gasteiger partial charge >= 0.3 is 11.9 Å². The van der Waals surface area contributed by atoms with E-state index in [0.717, 1.165) is 45.4 Å². The minimum atomic E-state index is -1.42. The van der Waals surface area contributed by atoms with Crippen LogP contribution in [0, 0.1) is 0 Å². The third kappa shape index (κ3) is 15.9. The number of carbonyl (C=O) groups is 2. The molecule has 12 N–H and O–H groups in total. The monoisotopic (exact) mass is 1060 g/mol. The van der Waals surface area contributed by atoms with E-state index in [1.807, 2.05) is 125 Å². The van der Waals surface area contributed by atoms with Gasteiger partial charge in [0.05, 0.1) is 23.2 Å². The van der Waals surface area contributed by atoms with Gasteiger partial charge in [-0.1, -0.05) is 36.4 Å². The summed E-state index contributed by atoms with van der Waals surface area (Å²) < 4.78 is 22.5. The maximum atomic E-state index is 13.3. The number of aliphatic hydroxyl groups excluding tert-OH is 2. The lowest BCUT2D eigenvalue weighted by molar-refractivity contribution is -0.156. The molecule has 0 bridgehead atoms. The quantitative estimate of drug-likeness (QED) is 0.0123. The number of aromatic nitrogens is 2. The van der Waals surface area contributed by atoms with Gasteiger partial charge < -0.3 is 71.9 Å². The first-order valence-corrected chi connectivity index (χ1v) is 25.6. The van der Waals surface area contributed by atoms with E-state index in [0.29, 0.717) is 61.0 Å². The standard InChI is InChI=1S/C60H66N8O10/c1-59(2,61)35-75-43-17-13-41(14-18-43)65-39-9-5-37(6-10-39)29-31-63-33-49(69)45-21-25-51(55-47(45)23-27-53(71)67-55)77-57(73)58(74)78-52-26-22-46(48-24-28-54(72)68-56(48)52)50(70)34-64-32-30-38-7-11-40(12-8-38)66-42-15-19-44(20-16-42)76-36-60(3,4)62/h5-28,49-50,63-66,69-70H,29-36,61-62H2,1-4H3,(H,67,71)(H,68,72)/t49-,50-/m0/s1. The Morgan fingerprint density at radius 3 is 1.19 bits per heavy atom. The Hall–Kier alpha value is -8.36. The van der Waals surface area contributed by atoms with E-state index in [-0.39, 0.29) is 35.6 Å². The van der Waals surface area contributed by atoms with Gasteiger partial charge in [-0.15, -0.1) is 0 Å². The van der Waals surface area contributed by atoms with Crippen molar-refractivity contribution in [1.29, 1.82) is 0 Å². The van der Waals surface area contributed by atoms with E-state index in [4.69, 9.17) is 30.4 Å². The summed E-state index contributed by atoms with van der Waals surface area (Å²) in [6.07, 6.45) is -0.672. The fourth-order valence-corrected chi connectivity index (χ4v) is 8.34. The van der Waals surface area contributed by atoms with Crippen LogP contribution in [0.1, 0.15) is 62.2 Å². The number of pyridine rings is 2. The number of carbonyl (C=O) groups excluding carboxylic acids is 2. The number of nitrogens with one attached hydrogen (secondary N) is 6. The van der Waals surface area contributed by atoms with Crippen LogP contribution in [0.15, 0.2) is 155 Å². The van der Waals surface area contributed by atoms with Crippen molar-refractivity contribution < 1.29 is 38.7 Å². The minimum absolute atomic E-state index is 0.0822. The second-order valence-corrected chi connectivity index (χ2v) is 20.5. The molecule has 0 aliphatic rings. The molecule has 0 aliphatic heterocycles. The van der Waals surface area contributed by atoms with Gasteiger partial charge in [-0.2, -0.15) is 0 Å². The number of ether oxygens (including phenoxy) is 4. The summed E-state index contributed by atoms with van der Waals surface area (Å²) in [4.78, 5) is 56.9. The fraction of sp³-hybridized carbons (Fsp3) is 0.267. The number of nitrogens with two attached hydrogens (primary N) is 2. The van der Waals surface area contributed by atoms with Crippen LogP contribution >= 0.6 is 0 Å². The number of hydrogen-bond acceptors (Lipinski definition) is 16. The van der Waals surface area contributed by atoms with Gasteiger partial charge in [-0.25, -0.2) is 9.59 Å². The van der Waals surface area contributed by atoms with Crippen molar-refractivity contribution in [3.63, 3.8) is 0 Å². The highest BCUT2D eigenvalue weighted by atomic mass is 16.6. The van der Waals surface area contributed by atoms with Crippen LogP contribution in [0.4, 0.5) is 22.7 Å². The zero-order chi connectivity index (χ0) is 55.4. The smallest absolute Gasteiger partial charge is 0.423 e. The topological polar surface area (TPSA) is 277 Å². The summed E-state index contributed by atoms with van der Waals surface area (Å²) in [5, 5.41) is 36.7. The van der Waals surface area contributed by atoms with Crippen LogP contribution < -0.4 is 62.8 Å². The van der Waals surface area contributed by atoms with E-state index in [2.05, 4.69) is 31.2 Å². The van der Waals surface area contributed by atoms with Gasteiger partial charge in [-0.05, 0) is 173 Å². The van der Waals surface area contributed by atoms with Gasteiger partial charge in [0.1, 0.15) is 24.7 Å².